The largest absolute Gasteiger partial charge is 0.371 e. The maximum atomic E-state index is 12.5. The van der Waals surface area contributed by atoms with E-state index >= 15 is 0 Å². The number of aromatic nitrogens is 2. The Morgan fingerprint density at radius 3 is 2.54 bits per heavy atom. The van der Waals surface area contributed by atoms with Crippen LogP contribution in [0.4, 0.5) is 11.4 Å². The van der Waals surface area contributed by atoms with Crippen molar-refractivity contribution in [2.45, 2.75) is 13.8 Å². The van der Waals surface area contributed by atoms with Gasteiger partial charge in [0.1, 0.15) is 5.69 Å². The molecule has 0 unspecified atom stereocenters. The zero-order valence-electron chi connectivity index (χ0n) is 13.9. The molecule has 1 aromatic carbocycles. The maximum Gasteiger partial charge on any atom is 0.274 e. The first kappa shape index (κ1) is 15.9. The molecule has 0 fully saturated rings. The molecule has 1 amide bonds. The molecule has 0 aliphatic heterocycles. The molecule has 122 valence electrons. The summed E-state index contributed by atoms with van der Waals surface area (Å²) in [7, 11) is 0. The highest BCUT2D eigenvalue weighted by molar-refractivity contribution is 6.07. The quantitative estimate of drug-likeness (QED) is 0.778. The van der Waals surface area contributed by atoms with Gasteiger partial charge >= 0.3 is 0 Å². The second-order valence-corrected chi connectivity index (χ2v) is 5.41. The van der Waals surface area contributed by atoms with Crippen molar-refractivity contribution in [2.24, 2.45) is 0 Å². The van der Waals surface area contributed by atoms with Gasteiger partial charge in [0.25, 0.3) is 5.91 Å². The topological polar surface area (TPSA) is 58.1 Å². The average Bonchev–Trinajstić information content (AvgIpc) is 2.63. The van der Waals surface area contributed by atoms with Gasteiger partial charge in [0.2, 0.25) is 0 Å². The Balaban J connectivity index is 1.82. The summed E-state index contributed by atoms with van der Waals surface area (Å²) in [5.74, 6) is -0.237. The molecule has 2 heterocycles. The Labute approximate surface area is 141 Å². The highest BCUT2D eigenvalue weighted by Crippen LogP contribution is 2.21. The summed E-state index contributed by atoms with van der Waals surface area (Å²) >= 11 is 0. The lowest BCUT2D eigenvalue weighted by molar-refractivity contribution is 0.102. The second-order valence-electron chi connectivity index (χ2n) is 5.41. The molecule has 0 atom stereocenters. The van der Waals surface area contributed by atoms with Crippen molar-refractivity contribution < 1.29 is 4.79 Å². The van der Waals surface area contributed by atoms with Crippen LogP contribution in [-0.4, -0.2) is 29.0 Å². The van der Waals surface area contributed by atoms with Crippen molar-refractivity contribution in [3.8, 4) is 0 Å². The van der Waals surface area contributed by atoms with Crippen LogP contribution in [0.25, 0.3) is 10.9 Å². The van der Waals surface area contributed by atoms with E-state index in [1.165, 1.54) is 0 Å². The van der Waals surface area contributed by atoms with Crippen LogP contribution < -0.4 is 10.2 Å². The summed E-state index contributed by atoms with van der Waals surface area (Å²) < 4.78 is 0. The lowest BCUT2D eigenvalue weighted by Gasteiger charge is -2.20. The van der Waals surface area contributed by atoms with Crippen LogP contribution in [0.15, 0.2) is 54.9 Å². The van der Waals surface area contributed by atoms with Gasteiger partial charge in [0, 0.05) is 24.7 Å². The smallest absolute Gasteiger partial charge is 0.274 e. The number of carbonyl (C=O) groups excluding carboxylic acids is 1. The molecule has 1 N–H and O–H groups in total. The Bertz CT molecular complexity index is 836. The van der Waals surface area contributed by atoms with Crippen LogP contribution in [0.2, 0.25) is 0 Å². The van der Waals surface area contributed by atoms with E-state index in [4.69, 9.17) is 0 Å². The molecule has 0 saturated heterocycles. The number of anilines is 2. The fraction of sp³-hybridized carbons (Fsp3) is 0.211. The first-order chi connectivity index (χ1) is 11.7. The number of benzene rings is 1. The van der Waals surface area contributed by atoms with Gasteiger partial charge in [-0.3, -0.25) is 9.78 Å². The van der Waals surface area contributed by atoms with Gasteiger partial charge in [0.15, 0.2) is 0 Å². The number of nitrogens with zero attached hydrogens (tertiary/aromatic N) is 3. The number of para-hydroxylation sites is 1. The highest BCUT2D eigenvalue weighted by atomic mass is 16.1. The number of hydrogen-bond acceptors (Lipinski definition) is 4. The fourth-order valence-electron chi connectivity index (χ4n) is 2.69. The first-order valence-electron chi connectivity index (χ1n) is 8.09. The predicted octanol–water partition coefficient (Wildman–Crippen LogP) is 3.73. The maximum absolute atomic E-state index is 12.5. The summed E-state index contributed by atoms with van der Waals surface area (Å²) in [6, 6.07) is 13.2. The van der Waals surface area contributed by atoms with Crippen molar-refractivity contribution >= 4 is 28.2 Å². The minimum atomic E-state index is -0.237. The number of nitrogens with one attached hydrogen (secondary N) is 1. The molecule has 0 spiro atoms. The van der Waals surface area contributed by atoms with Gasteiger partial charge in [-0.05, 0) is 38.1 Å². The monoisotopic (exact) mass is 320 g/mol. The molecule has 0 aliphatic rings. The van der Waals surface area contributed by atoms with E-state index in [1.54, 1.807) is 18.5 Å². The highest BCUT2D eigenvalue weighted by Gasteiger charge is 2.11. The zero-order chi connectivity index (χ0) is 16.9. The van der Waals surface area contributed by atoms with Crippen LogP contribution in [0.1, 0.15) is 24.3 Å². The van der Waals surface area contributed by atoms with Gasteiger partial charge in [-0.15, -0.1) is 0 Å². The zero-order valence-corrected chi connectivity index (χ0v) is 13.9. The summed E-state index contributed by atoms with van der Waals surface area (Å²) in [5.41, 5.74) is 2.86. The predicted molar refractivity (Wildman–Crippen MR) is 97.5 cm³/mol. The third-order valence-corrected chi connectivity index (χ3v) is 3.99. The van der Waals surface area contributed by atoms with Crippen LogP contribution in [0.3, 0.4) is 0 Å². The Morgan fingerprint density at radius 1 is 1.04 bits per heavy atom. The van der Waals surface area contributed by atoms with Crippen LogP contribution in [-0.2, 0) is 0 Å². The lowest BCUT2D eigenvalue weighted by Crippen LogP contribution is -2.22. The fourth-order valence-corrected chi connectivity index (χ4v) is 2.69. The third kappa shape index (κ3) is 3.20. The van der Waals surface area contributed by atoms with Crippen molar-refractivity contribution in [3.63, 3.8) is 0 Å². The van der Waals surface area contributed by atoms with Crippen molar-refractivity contribution in [3.05, 3.63) is 60.6 Å². The van der Waals surface area contributed by atoms with E-state index in [9.17, 15) is 4.79 Å². The molecule has 0 radical (unpaired) electrons. The molecular formula is C19H20N4O. The van der Waals surface area contributed by atoms with E-state index in [1.807, 2.05) is 36.4 Å². The number of carbonyl (C=O) groups is 1. The number of amides is 1. The molecule has 3 aromatic rings. The number of hydrogen-bond donors (Lipinski definition) is 1. The Morgan fingerprint density at radius 2 is 1.83 bits per heavy atom. The van der Waals surface area contributed by atoms with Crippen molar-refractivity contribution in [2.75, 3.05) is 23.3 Å². The summed E-state index contributed by atoms with van der Waals surface area (Å²) in [6.07, 6.45) is 3.46. The first-order valence-corrected chi connectivity index (χ1v) is 8.09. The van der Waals surface area contributed by atoms with Gasteiger partial charge in [-0.2, -0.15) is 0 Å². The van der Waals surface area contributed by atoms with Crippen molar-refractivity contribution in [1.82, 2.24) is 9.97 Å². The molecule has 5 heteroatoms. The van der Waals surface area contributed by atoms with E-state index in [-0.39, 0.29) is 5.91 Å². The van der Waals surface area contributed by atoms with E-state index in [0.717, 1.165) is 29.7 Å². The van der Waals surface area contributed by atoms with E-state index in [2.05, 4.69) is 34.0 Å². The van der Waals surface area contributed by atoms with Crippen molar-refractivity contribution in [1.29, 1.82) is 0 Å². The second kappa shape index (κ2) is 7.08. The normalized spacial score (nSPS) is 10.6. The molecule has 3 rings (SSSR count). The molecule has 0 aliphatic carbocycles. The van der Waals surface area contributed by atoms with Crippen LogP contribution in [0, 0.1) is 0 Å². The SMILES string of the molecule is CCN(CC)c1ccc(C(=O)Nc2cccc3cccnc23)nc1. The Hall–Kier alpha value is -2.95. The number of pyridine rings is 2. The molecule has 24 heavy (non-hydrogen) atoms. The standard InChI is InChI=1S/C19H20N4O/c1-3-23(4-2)15-10-11-17(21-13-15)19(24)22-16-9-5-7-14-8-6-12-20-18(14)16/h5-13H,3-4H2,1-2H3,(H,22,24). The molecule has 5 nitrogen and oxygen atoms in total. The van der Waals surface area contributed by atoms with Gasteiger partial charge < -0.3 is 10.2 Å². The Kier molecular flexibility index (Phi) is 4.70. The summed E-state index contributed by atoms with van der Waals surface area (Å²) in [6.45, 7) is 6.01. The van der Waals surface area contributed by atoms with Crippen LogP contribution >= 0.6 is 0 Å². The van der Waals surface area contributed by atoms with Crippen LogP contribution in [0.5, 0.6) is 0 Å². The third-order valence-electron chi connectivity index (χ3n) is 3.99. The van der Waals surface area contributed by atoms with E-state index < -0.39 is 0 Å². The van der Waals surface area contributed by atoms with Gasteiger partial charge in [0.05, 0.1) is 23.1 Å². The summed E-state index contributed by atoms with van der Waals surface area (Å²) in [5, 5.41) is 3.89. The molecule has 0 bridgehead atoms. The summed E-state index contributed by atoms with van der Waals surface area (Å²) in [4.78, 5) is 23.3. The molecule has 2 aromatic heterocycles. The lowest BCUT2D eigenvalue weighted by atomic mass is 10.2. The van der Waals surface area contributed by atoms with Gasteiger partial charge in [-0.1, -0.05) is 18.2 Å². The number of rotatable bonds is 5. The van der Waals surface area contributed by atoms with E-state index in [0.29, 0.717) is 11.4 Å². The van der Waals surface area contributed by atoms with Gasteiger partial charge in [-0.25, -0.2) is 4.98 Å². The average molecular weight is 320 g/mol. The number of fused-ring (bicyclic) bond motifs is 1. The molecular weight excluding hydrogens is 300 g/mol. The minimum absolute atomic E-state index is 0.237. The minimum Gasteiger partial charge on any atom is -0.371 e. The molecule has 0 saturated carbocycles.